The van der Waals surface area contributed by atoms with Crippen LogP contribution in [0.2, 0.25) is 0 Å². The van der Waals surface area contributed by atoms with Gasteiger partial charge in [0, 0.05) is 11.7 Å². The van der Waals surface area contributed by atoms with E-state index >= 15 is 0 Å². The van der Waals surface area contributed by atoms with Gasteiger partial charge in [-0.25, -0.2) is 8.78 Å². The highest BCUT2D eigenvalue weighted by atomic mass is 19.3. The molecule has 2 rings (SSSR count). The number of alkyl halides is 2. The zero-order valence-corrected chi connectivity index (χ0v) is 11.1. The van der Waals surface area contributed by atoms with Crippen molar-refractivity contribution < 1.29 is 13.5 Å². The molecule has 106 valence electrons. The first kappa shape index (κ1) is 14.1. The maximum absolute atomic E-state index is 12.9. The first-order chi connectivity index (χ1) is 9.08. The minimum atomic E-state index is -2.57. The average molecular weight is 270 g/mol. The fourth-order valence-corrected chi connectivity index (χ4v) is 2.41. The maximum atomic E-state index is 12.9. The number of ether oxygens (including phenoxy) is 1. The Bertz CT molecular complexity index is 426. The quantitative estimate of drug-likeness (QED) is 0.855. The Labute approximate surface area is 112 Å². The molecule has 1 aromatic carbocycles. The summed E-state index contributed by atoms with van der Waals surface area (Å²) in [5.74, 6) is 0.239. The SMILES string of the molecule is CN1CCCCC1COc1ccc(N)cc1C(F)F. The zero-order chi connectivity index (χ0) is 13.8. The molecule has 19 heavy (non-hydrogen) atoms. The Balaban J connectivity index is 2.02. The molecule has 0 aromatic heterocycles. The number of piperidine rings is 1. The highest BCUT2D eigenvalue weighted by molar-refractivity contribution is 5.48. The van der Waals surface area contributed by atoms with Gasteiger partial charge in [0.05, 0.1) is 5.56 Å². The molecular weight excluding hydrogens is 250 g/mol. The molecule has 1 fully saturated rings. The van der Waals surface area contributed by atoms with Gasteiger partial charge in [-0.15, -0.1) is 0 Å². The monoisotopic (exact) mass is 270 g/mol. The Hall–Kier alpha value is -1.36. The zero-order valence-electron chi connectivity index (χ0n) is 11.1. The third kappa shape index (κ3) is 3.56. The molecule has 0 bridgehead atoms. The molecule has 1 heterocycles. The van der Waals surface area contributed by atoms with Gasteiger partial charge in [-0.3, -0.25) is 0 Å². The van der Waals surface area contributed by atoms with Crippen LogP contribution in [0.4, 0.5) is 14.5 Å². The second-order valence-corrected chi connectivity index (χ2v) is 5.04. The van der Waals surface area contributed by atoms with Crippen molar-refractivity contribution >= 4 is 5.69 Å². The van der Waals surface area contributed by atoms with Crippen LogP contribution >= 0.6 is 0 Å². The third-order valence-electron chi connectivity index (χ3n) is 3.62. The first-order valence-corrected chi connectivity index (χ1v) is 6.58. The summed E-state index contributed by atoms with van der Waals surface area (Å²) in [6.07, 6.45) is 0.844. The first-order valence-electron chi connectivity index (χ1n) is 6.58. The number of nitrogens with zero attached hydrogens (tertiary/aromatic N) is 1. The minimum Gasteiger partial charge on any atom is -0.491 e. The number of likely N-dealkylation sites (tertiary alicyclic amines) is 1. The van der Waals surface area contributed by atoms with Gasteiger partial charge >= 0.3 is 0 Å². The number of hydrogen-bond donors (Lipinski definition) is 1. The maximum Gasteiger partial charge on any atom is 0.267 e. The van der Waals surface area contributed by atoms with Gasteiger partial charge in [0.15, 0.2) is 0 Å². The molecule has 2 N–H and O–H groups in total. The van der Waals surface area contributed by atoms with Crippen LogP contribution in [0.15, 0.2) is 18.2 Å². The summed E-state index contributed by atoms with van der Waals surface area (Å²) in [4.78, 5) is 2.23. The largest absolute Gasteiger partial charge is 0.491 e. The predicted octanol–water partition coefficient (Wildman–Crippen LogP) is 3.07. The van der Waals surface area contributed by atoms with E-state index in [1.165, 1.54) is 25.0 Å². The van der Waals surface area contributed by atoms with Crippen LogP contribution in [-0.4, -0.2) is 31.1 Å². The summed E-state index contributed by atoms with van der Waals surface area (Å²) in [5.41, 5.74) is 5.73. The molecule has 0 saturated carbocycles. The van der Waals surface area contributed by atoms with E-state index in [1.54, 1.807) is 6.07 Å². The molecule has 1 saturated heterocycles. The number of likely N-dealkylation sites (N-methyl/N-ethyl adjacent to an activating group) is 1. The van der Waals surface area contributed by atoms with Crippen LogP contribution < -0.4 is 10.5 Å². The van der Waals surface area contributed by atoms with Crippen LogP contribution in [0, 0.1) is 0 Å². The van der Waals surface area contributed by atoms with E-state index in [-0.39, 0.29) is 11.3 Å². The lowest BCUT2D eigenvalue weighted by Gasteiger charge is -2.32. The van der Waals surface area contributed by atoms with Gasteiger partial charge in [0.25, 0.3) is 6.43 Å². The second kappa shape index (κ2) is 6.19. The molecule has 0 amide bonds. The smallest absolute Gasteiger partial charge is 0.267 e. The van der Waals surface area contributed by atoms with E-state index in [0.717, 1.165) is 13.0 Å². The molecule has 1 atom stereocenters. The van der Waals surface area contributed by atoms with Crippen molar-refractivity contribution in [3.63, 3.8) is 0 Å². The summed E-state index contributed by atoms with van der Waals surface area (Å²) in [5, 5.41) is 0. The number of halogens is 2. The number of hydrogen-bond acceptors (Lipinski definition) is 3. The van der Waals surface area contributed by atoms with E-state index in [1.807, 2.05) is 7.05 Å². The molecule has 1 aliphatic heterocycles. The Kier molecular flexibility index (Phi) is 4.58. The topological polar surface area (TPSA) is 38.5 Å². The van der Waals surface area contributed by atoms with Crippen LogP contribution in [-0.2, 0) is 0 Å². The van der Waals surface area contributed by atoms with E-state index < -0.39 is 6.43 Å². The molecule has 1 aromatic rings. The highest BCUT2D eigenvalue weighted by Crippen LogP contribution is 2.31. The normalized spacial score (nSPS) is 20.7. The molecule has 1 unspecified atom stereocenters. The van der Waals surface area contributed by atoms with Gasteiger partial charge in [-0.2, -0.15) is 0 Å². The van der Waals surface area contributed by atoms with Crippen molar-refractivity contribution in [1.29, 1.82) is 0 Å². The Morgan fingerprint density at radius 2 is 2.21 bits per heavy atom. The fraction of sp³-hybridized carbons (Fsp3) is 0.571. The number of rotatable bonds is 4. The van der Waals surface area contributed by atoms with Crippen molar-refractivity contribution in [3.05, 3.63) is 23.8 Å². The van der Waals surface area contributed by atoms with Crippen LogP contribution in [0.3, 0.4) is 0 Å². The summed E-state index contributed by atoms with van der Waals surface area (Å²) < 4.78 is 31.4. The van der Waals surface area contributed by atoms with E-state index in [2.05, 4.69) is 4.90 Å². The molecular formula is C14H20F2N2O. The average Bonchev–Trinajstić information content (AvgIpc) is 2.38. The highest BCUT2D eigenvalue weighted by Gasteiger charge is 2.21. The van der Waals surface area contributed by atoms with Gasteiger partial charge in [0.1, 0.15) is 12.4 Å². The van der Waals surface area contributed by atoms with Crippen LogP contribution in [0.1, 0.15) is 31.3 Å². The number of nitrogen functional groups attached to an aromatic ring is 1. The van der Waals surface area contributed by atoms with Gasteiger partial charge in [0.2, 0.25) is 0 Å². The van der Waals surface area contributed by atoms with Crippen LogP contribution in [0.25, 0.3) is 0 Å². The minimum absolute atomic E-state index is 0.126. The summed E-state index contributed by atoms with van der Waals surface area (Å²) in [6.45, 7) is 1.48. The fourth-order valence-electron chi connectivity index (χ4n) is 2.41. The van der Waals surface area contributed by atoms with Crippen molar-refractivity contribution in [1.82, 2.24) is 4.90 Å². The molecule has 0 radical (unpaired) electrons. The second-order valence-electron chi connectivity index (χ2n) is 5.04. The van der Waals surface area contributed by atoms with E-state index in [9.17, 15) is 8.78 Å². The lowest BCUT2D eigenvalue weighted by molar-refractivity contribution is 0.115. The standard InChI is InChI=1S/C14H20F2N2O/c1-18-7-3-2-4-11(18)9-19-13-6-5-10(17)8-12(13)14(15)16/h5-6,8,11,14H,2-4,7,9,17H2,1H3. The van der Waals surface area contributed by atoms with Crippen LogP contribution in [0.5, 0.6) is 5.75 Å². The van der Waals surface area contributed by atoms with Crippen molar-refractivity contribution in [2.75, 3.05) is 25.9 Å². The number of nitrogens with two attached hydrogens (primary N) is 1. The summed E-state index contributed by atoms with van der Waals surface area (Å²) in [7, 11) is 2.05. The van der Waals surface area contributed by atoms with Crippen molar-refractivity contribution in [3.8, 4) is 5.75 Å². The molecule has 0 aliphatic carbocycles. The van der Waals surface area contributed by atoms with Crippen molar-refractivity contribution in [2.45, 2.75) is 31.7 Å². The number of benzene rings is 1. The summed E-state index contributed by atoms with van der Waals surface area (Å²) in [6, 6.07) is 4.70. The van der Waals surface area contributed by atoms with E-state index in [0.29, 0.717) is 18.3 Å². The molecule has 5 heteroatoms. The Morgan fingerprint density at radius 3 is 2.89 bits per heavy atom. The van der Waals surface area contributed by atoms with Gasteiger partial charge in [-0.05, 0) is 44.6 Å². The Morgan fingerprint density at radius 1 is 1.42 bits per heavy atom. The molecule has 3 nitrogen and oxygen atoms in total. The van der Waals surface area contributed by atoms with Gasteiger partial charge in [-0.1, -0.05) is 6.42 Å². The molecule has 1 aliphatic rings. The third-order valence-corrected chi connectivity index (χ3v) is 3.62. The lowest BCUT2D eigenvalue weighted by Crippen LogP contribution is -2.40. The van der Waals surface area contributed by atoms with E-state index in [4.69, 9.17) is 10.5 Å². The number of anilines is 1. The summed E-state index contributed by atoms with van der Waals surface area (Å²) >= 11 is 0. The van der Waals surface area contributed by atoms with Gasteiger partial charge < -0.3 is 15.4 Å². The van der Waals surface area contributed by atoms with Crippen molar-refractivity contribution in [2.24, 2.45) is 0 Å². The lowest BCUT2D eigenvalue weighted by atomic mass is 10.0. The molecule has 0 spiro atoms. The predicted molar refractivity (Wildman–Crippen MR) is 71.6 cm³/mol.